The second-order valence-corrected chi connectivity index (χ2v) is 6.32. The van der Waals surface area contributed by atoms with Gasteiger partial charge in [0, 0.05) is 21.2 Å². The number of methoxy groups -OCH3 is 1. The Kier molecular flexibility index (Phi) is 6.03. The molecule has 1 aromatic carbocycles. The van der Waals surface area contributed by atoms with Crippen LogP contribution in [0.15, 0.2) is 18.2 Å². The average Bonchev–Trinajstić information content (AvgIpc) is 2.38. The summed E-state index contributed by atoms with van der Waals surface area (Å²) < 4.78 is 74.7. The summed E-state index contributed by atoms with van der Waals surface area (Å²) >= 11 is 0. The molecule has 0 spiro atoms. The van der Waals surface area contributed by atoms with Crippen LogP contribution in [0.4, 0.5) is 18.9 Å². The van der Waals surface area contributed by atoms with E-state index in [1.807, 2.05) is 0 Å². The van der Waals surface area contributed by atoms with E-state index in [1.54, 1.807) is 0 Å². The van der Waals surface area contributed by atoms with Crippen molar-refractivity contribution in [3.8, 4) is 5.75 Å². The van der Waals surface area contributed by atoms with Gasteiger partial charge >= 0.3 is 16.4 Å². The smallest absolute Gasteiger partial charge is 0.416 e. The molecular formula is C12H17F3N2O4S. The van der Waals surface area contributed by atoms with Gasteiger partial charge in [-0.15, -0.1) is 0 Å². The Morgan fingerprint density at radius 2 is 1.86 bits per heavy atom. The van der Waals surface area contributed by atoms with Crippen molar-refractivity contribution in [1.82, 2.24) is 4.31 Å². The lowest BCUT2D eigenvalue weighted by atomic mass is 10.2. The van der Waals surface area contributed by atoms with Gasteiger partial charge in [-0.05, 0) is 18.2 Å². The van der Waals surface area contributed by atoms with E-state index in [0.29, 0.717) is 6.07 Å². The molecule has 6 nitrogen and oxygen atoms in total. The topological polar surface area (TPSA) is 67.9 Å². The number of alkyl halides is 3. The fourth-order valence-corrected chi connectivity index (χ4v) is 2.00. The normalized spacial score (nSPS) is 12.5. The zero-order chi connectivity index (χ0) is 17.0. The van der Waals surface area contributed by atoms with E-state index in [9.17, 15) is 21.6 Å². The van der Waals surface area contributed by atoms with Crippen molar-refractivity contribution < 1.29 is 31.1 Å². The van der Waals surface area contributed by atoms with E-state index in [4.69, 9.17) is 9.47 Å². The van der Waals surface area contributed by atoms with Crippen molar-refractivity contribution in [2.75, 3.05) is 39.1 Å². The molecule has 126 valence electrons. The zero-order valence-electron chi connectivity index (χ0n) is 12.3. The third kappa shape index (κ3) is 5.04. The lowest BCUT2D eigenvalue weighted by molar-refractivity contribution is -0.137. The summed E-state index contributed by atoms with van der Waals surface area (Å²) in [6.45, 7) is 0.277. The van der Waals surface area contributed by atoms with Gasteiger partial charge in [-0.3, -0.25) is 4.72 Å². The largest absolute Gasteiger partial charge is 0.489 e. The third-order valence-electron chi connectivity index (χ3n) is 2.57. The van der Waals surface area contributed by atoms with Crippen LogP contribution in [0.5, 0.6) is 5.75 Å². The van der Waals surface area contributed by atoms with Crippen molar-refractivity contribution in [3.05, 3.63) is 23.8 Å². The summed E-state index contributed by atoms with van der Waals surface area (Å²) in [6, 6.07) is 2.56. The summed E-state index contributed by atoms with van der Waals surface area (Å²) in [4.78, 5) is 0. The number of hydrogen-bond donors (Lipinski definition) is 1. The first-order chi connectivity index (χ1) is 10.1. The molecule has 22 heavy (non-hydrogen) atoms. The molecule has 1 aromatic rings. The highest BCUT2D eigenvalue weighted by Gasteiger charge is 2.31. The number of nitrogens with zero attached hydrogens (tertiary/aromatic N) is 1. The third-order valence-corrected chi connectivity index (χ3v) is 4.01. The molecule has 0 bridgehead atoms. The molecule has 0 aliphatic heterocycles. The number of nitrogens with one attached hydrogen (secondary N) is 1. The zero-order valence-corrected chi connectivity index (χ0v) is 13.1. The van der Waals surface area contributed by atoms with Gasteiger partial charge in [0.05, 0.1) is 17.9 Å². The van der Waals surface area contributed by atoms with E-state index in [2.05, 4.69) is 4.72 Å². The van der Waals surface area contributed by atoms with Gasteiger partial charge in [-0.2, -0.15) is 25.9 Å². The lowest BCUT2D eigenvalue weighted by Crippen LogP contribution is -2.29. The van der Waals surface area contributed by atoms with Crippen LogP contribution in [0.2, 0.25) is 0 Å². The molecule has 0 amide bonds. The lowest BCUT2D eigenvalue weighted by Gasteiger charge is -2.18. The molecule has 0 aromatic heterocycles. The molecule has 0 aliphatic rings. The van der Waals surface area contributed by atoms with Gasteiger partial charge in [-0.1, -0.05) is 0 Å². The van der Waals surface area contributed by atoms with E-state index in [-0.39, 0.29) is 24.7 Å². The number of halogens is 3. The maximum atomic E-state index is 12.7. The SMILES string of the molecule is COCCOc1ccc(C(F)(F)F)cc1NS(=O)(=O)N(C)C. The highest BCUT2D eigenvalue weighted by molar-refractivity contribution is 7.90. The summed E-state index contributed by atoms with van der Waals surface area (Å²) in [5, 5.41) is 0. The van der Waals surface area contributed by atoms with Crippen molar-refractivity contribution >= 4 is 15.9 Å². The highest BCUT2D eigenvalue weighted by atomic mass is 32.2. The van der Waals surface area contributed by atoms with E-state index < -0.39 is 21.9 Å². The Labute approximate surface area is 127 Å². The molecule has 0 fully saturated rings. The molecule has 0 saturated carbocycles. The van der Waals surface area contributed by atoms with Crippen molar-refractivity contribution in [1.29, 1.82) is 0 Å². The van der Waals surface area contributed by atoms with Crippen LogP contribution in [0.3, 0.4) is 0 Å². The van der Waals surface area contributed by atoms with E-state index in [1.165, 1.54) is 21.2 Å². The van der Waals surface area contributed by atoms with Crippen LogP contribution in [0, 0.1) is 0 Å². The van der Waals surface area contributed by atoms with Gasteiger partial charge in [0.25, 0.3) is 0 Å². The van der Waals surface area contributed by atoms with Crippen LogP contribution in [0.1, 0.15) is 5.56 Å². The number of benzene rings is 1. The predicted molar refractivity (Wildman–Crippen MR) is 75.0 cm³/mol. The fourth-order valence-electron chi connectivity index (χ4n) is 1.38. The monoisotopic (exact) mass is 342 g/mol. The quantitative estimate of drug-likeness (QED) is 0.769. The number of anilines is 1. The van der Waals surface area contributed by atoms with Crippen LogP contribution in [-0.2, 0) is 21.1 Å². The summed E-state index contributed by atoms with van der Waals surface area (Å²) in [5.74, 6) is -0.0181. The average molecular weight is 342 g/mol. The maximum Gasteiger partial charge on any atom is 0.416 e. The van der Waals surface area contributed by atoms with Gasteiger partial charge < -0.3 is 9.47 Å². The Morgan fingerprint density at radius 1 is 1.23 bits per heavy atom. The molecule has 10 heteroatoms. The molecule has 0 unspecified atom stereocenters. The van der Waals surface area contributed by atoms with Crippen LogP contribution in [-0.4, -0.2) is 47.1 Å². The molecule has 1 N–H and O–H groups in total. The molecule has 0 heterocycles. The van der Waals surface area contributed by atoms with E-state index in [0.717, 1.165) is 16.4 Å². The van der Waals surface area contributed by atoms with Crippen LogP contribution >= 0.6 is 0 Å². The Balaban J connectivity index is 3.17. The van der Waals surface area contributed by atoms with Crippen molar-refractivity contribution in [3.63, 3.8) is 0 Å². The van der Waals surface area contributed by atoms with Crippen molar-refractivity contribution in [2.45, 2.75) is 6.18 Å². The Hall–Kier alpha value is -1.52. The first-order valence-corrected chi connectivity index (χ1v) is 7.55. The summed E-state index contributed by atoms with van der Waals surface area (Å²) in [6.07, 6.45) is -4.59. The molecular weight excluding hydrogens is 325 g/mol. The first-order valence-electron chi connectivity index (χ1n) is 6.11. The second kappa shape index (κ2) is 7.16. The molecule has 0 atom stereocenters. The minimum Gasteiger partial charge on any atom is -0.489 e. The Bertz CT molecular complexity index is 603. The van der Waals surface area contributed by atoms with Gasteiger partial charge in [-0.25, -0.2) is 0 Å². The van der Waals surface area contributed by atoms with Crippen LogP contribution in [0.25, 0.3) is 0 Å². The number of rotatable bonds is 7. The summed E-state index contributed by atoms with van der Waals surface area (Å²) in [5.41, 5.74) is -1.28. The standard InChI is InChI=1S/C12H17F3N2O4S/c1-17(2)22(18,19)16-10-8-9(12(13,14)15)4-5-11(10)21-7-6-20-3/h4-5,8,16H,6-7H2,1-3H3. The number of hydrogen-bond acceptors (Lipinski definition) is 4. The van der Waals surface area contributed by atoms with Crippen LogP contribution < -0.4 is 9.46 Å². The summed E-state index contributed by atoms with van der Waals surface area (Å²) in [7, 11) is -0.0228. The maximum absolute atomic E-state index is 12.7. The number of ether oxygens (including phenoxy) is 2. The predicted octanol–water partition coefficient (Wildman–Crippen LogP) is 1.95. The minimum atomic E-state index is -4.59. The Morgan fingerprint density at radius 3 is 2.36 bits per heavy atom. The second-order valence-electron chi connectivity index (χ2n) is 4.44. The van der Waals surface area contributed by atoms with Gasteiger partial charge in [0.1, 0.15) is 12.4 Å². The van der Waals surface area contributed by atoms with Crippen molar-refractivity contribution in [2.24, 2.45) is 0 Å². The van der Waals surface area contributed by atoms with Gasteiger partial charge in [0.2, 0.25) is 0 Å². The molecule has 0 aliphatic carbocycles. The molecule has 0 saturated heterocycles. The first kappa shape index (κ1) is 18.5. The fraction of sp³-hybridized carbons (Fsp3) is 0.500. The highest BCUT2D eigenvalue weighted by Crippen LogP contribution is 2.35. The van der Waals surface area contributed by atoms with E-state index >= 15 is 0 Å². The van der Waals surface area contributed by atoms with Gasteiger partial charge in [0.15, 0.2) is 0 Å². The molecule has 1 rings (SSSR count). The minimum absolute atomic E-state index is 0.0181. The molecule has 0 radical (unpaired) electrons.